The van der Waals surface area contributed by atoms with Gasteiger partial charge in [-0.1, -0.05) is 0 Å². The molecule has 8 heteroatoms. The Morgan fingerprint density at radius 2 is 2.35 bits per heavy atom. The molecule has 136 valence electrons. The Balaban J connectivity index is 1.40. The van der Waals surface area contributed by atoms with E-state index in [0.717, 1.165) is 35.7 Å². The molecule has 0 bridgehead atoms. The fourth-order valence-corrected chi connectivity index (χ4v) is 4.15. The highest BCUT2D eigenvalue weighted by Gasteiger charge is 2.31. The highest BCUT2D eigenvalue weighted by molar-refractivity contribution is 7.15. The van der Waals surface area contributed by atoms with Gasteiger partial charge in [0.15, 0.2) is 16.5 Å². The number of ether oxygens (including phenoxy) is 1. The first kappa shape index (κ1) is 17.0. The molecule has 1 aliphatic heterocycles. The second-order valence-electron chi connectivity index (χ2n) is 6.51. The molecule has 0 saturated carbocycles. The van der Waals surface area contributed by atoms with Crippen LogP contribution in [0.3, 0.4) is 0 Å². The molecule has 0 spiro atoms. The van der Waals surface area contributed by atoms with Crippen LogP contribution < -0.4 is 10.1 Å². The van der Waals surface area contributed by atoms with E-state index in [1.165, 1.54) is 18.3 Å². The van der Waals surface area contributed by atoms with Crippen molar-refractivity contribution in [2.24, 2.45) is 0 Å². The summed E-state index contributed by atoms with van der Waals surface area (Å²) in [5.41, 5.74) is 1.50. The van der Waals surface area contributed by atoms with Gasteiger partial charge in [-0.3, -0.25) is 14.7 Å². The van der Waals surface area contributed by atoms with Crippen LogP contribution in [0, 0.1) is 0 Å². The minimum Gasteiger partial charge on any atom is -0.485 e. The third kappa shape index (κ3) is 3.56. The van der Waals surface area contributed by atoms with E-state index in [4.69, 9.17) is 9.15 Å². The summed E-state index contributed by atoms with van der Waals surface area (Å²) >= 11 is 1.51. The summed E-state index contributed by atoms with van der Waals surface area (Å²) in [6.07, 6.45) is 6.24. The Hall–Kier alpha value is -2.45. The zero-order valence-corrected chi connectivity index (χ0v) is 15.5. The van der Waals surface area contributed by atoms with Gasteiger partial charge in [-0.15, -0.1) is 11.3 Å². The molecule has 0 aromatic carbocycles. The van der Waals surface area contributed by atoms with Crippen molar-refractivity contribution >= 4 is 33.5 Å². The Morgan fingerprint density at radius 3 is 3.19 bits per heavy atom. The van der Waals surface area contributed by atoms with Gasteiger partial charge in [0.25, 0.3) is 0 Å². The lowest BCUT2D eigenvalue weighted by atomic mass is 10.2. The van der Waals surface area contributed by atoms with Crippen LogP contribution in [0.2, 0.25) is 0 Å². The molecule has 1 fully saturated rings. The van der Waals surface area contributed by atoms with E-state index in [2.05, 4.69) is 27.1 Å². The number of thiazole rings is 1. The molecule has 3 aromatic rings. The second-order valence-corrected chi connectivity index (χ2v) is 7.63. The number of carbonyl (C=O) groups excluding carboxylic acids is 1. The number of nitrogens with zero attached hydrogens (tertiary/aromatic N) is 3. The predicted octanol–water partition coefficient (Wildman–Crippen LogP) is 3.28. The van der Waals surface area contributed by atoms with E-state index in [-0.39, 0.29) is 12.0 Å². The number of carbonyl (C=O) groups is 1. The number of rotatable bonds is 5. The van der Waals surface area contributed by atoms with Crippen molar-refractivity contribution < 1.29 is 13.9 Å². The van der Waals surface area contributed by atoms with Crippen LogP contribution in [-0.4, -0.2) is 39.5 Å². The van der Waals surface area contributed by atoms with Crippen molar-refractivity contribution in [2.75, 3.05) is 11.9 Å². The summed E-state index contributed by atoms with van der Waals surface area (Å²) in [6.45, 7) is 5.32. The molecule has 7 nitrogen and oxygen atoms in total. The summed E-state index contributed by atoms with van der Waals surface area (Å²) < 4.78 is 11.7. The highest BCUT2D eigenvalue weighted by Crippen LogP contribution is 2.30. The van der Waals surface area contributed by atoms with E-state index in [1.807, 2.05) is 18.3 Å². The molecule has 0 unspecified atom stereocenters. The lowest BCUT2D eigenvalue weighted by molar-refractivity contribution is -0.114. The zero-order chi connectivity index (χ0) is 18.1. The first-order valence-electron chi connectivity index (χ1n) is 8.53. The molecule has 0 radical (unpaired) electrons. The first-order chi connectivity index (χ1) is 12.6. The standard InChI is InChI=1S/C18H20N4O3S/c1-11-7-13(25-16-3-5-19-15-4-6-24-17(15)16)9-22(11)10-14-8-20-18(26-14)21-12(2)23/h3-6,8,11,13H,7,9-10H2,1-2H3,(H,20,21,23)/t11-,13+/m0/s1. The van der Waals surface area contributed by atoms with E-state index >= 15 is 0 Å². The van der Waals surface area contributed by atoms with Crippen molar-refractivity contribution in [1.29, 1.82) is 0 Å². The van der Waals surface area contributed by atoms with Gasteiger partial charge in [0.2, 0.25) is 5.91 Å². The van der Waals surface area contributed by atoms with E-state index in [0.29, 0.717) is 16.8 Å². The Kier molecular flexibility index (Phi) is 4.60. The third-order valence-corrected chi connectivity index (χ3v) is 5.36. The van der Waals surface area contributed by atoms with Crippen molar-refractivity contribution in [1.82, 2.24) is 14.9 Å². The molecule has 2 atom stereocenters. The molecule has 1 N–H and O–H groups in total. The van der Waals surface area contributed by atoms with Gasteiger partial charge >= 0.3 is 0 Å². The van der Waals surface area contributed by atoms with Crippen LogP contribution in [0.4, 0.5) is 5.13 Å². The van der Waals surface area contributed by atoms with Gasteiger partial charge < -0.3 is 14.5 Å². The summed E-state index contributed by atoms with van der Waals surface area (Å²) in [6, 6.07) is 4.09. The molecule has 26 heavy (non-hydrogen) atoms. The molecule has 4 heterocycles. The molecule has 3 aromatic heterocycles. The van der Waals surface area contributed by atoms with Gasteiger partial charge in [-0.2, -0.15) is 0 Å². The lowest BCUT2D eigenvalue weighted by Crippen LogP contribution is -2.27. The maximum Gasteiger partial charge on any atom is 0.223 e. The van der Waals surface area contributed by atoms with Gasteiger partial charge in [-0.05, 0) is 6.92 Å². The minimum atomic E-state index is -0.101. The normalized spacial score (nSPS) is 20.5. The van der Waals surface area contributed by atoms with Crippen LogP contribution >= 0.6 is 11.3 Å². The number of fused-ring (bicyclic) bond motifs is 1. The Labute approximate surface area is 155 Å². The largest absolute Gasteiger partial charge is 0.485 e. The topological polar surface area (TPSA) is 80.5 Å². The first-order valence-corrected chi connectivity index (χ1v) is 9.35. The van der Waals surface area contributed by atoms with Gasteiger partial charge in [-0.25, -0.2) is 4.98 Å². The smallest absolute Gasteiger partial charge is 0.223 e. The number of pyridine rings is 1. The van der Waals surface area contributed by atoms with Crippen molar-refractivity contribution in [3.05, 3.63) is 35.7 Å². The Bertz CT molecular complexity index is 922. The zero-order valence-electron chi connectivity index (χ0n) is 14.6. The maximum absolute atomic E-state index is 11.1. The highest BCUT2D eigenvalue weighted by atomic mass is 32.1. The van der Waals surface area contributed by atoms with Gasteiger partial charge in [0.05, 0.1) is 6.26 Å². The van der Waals surface area contributed by atoms with Crippen LogP contribution in [0.1, 0.15) is 25.1 Å². The van der Waals surface area contributed by atoms with E-state index < -0.39 is 0 Å². The van der Waals surface area contributed by atoms with E-state index in [1.54, 1.807) is 12.5 Å². The molecule has 4 rings (SSSR count). The molecule has 1 amide bonds. The number of aromatic nitrogens is 2. The Morgan fingerprint density at radius 1 is 1.46 bits per heavy atom. The van der Waals surface area contributed by atoms with Crippen molar-refractivity contribution in [3.63, 3.8) is 0 Å². The number of furan rings is 1. The summed E-state index contributed by atoms with van der Waals surface area (Å²) in [5.74, 6) is 0.639. The lowest BCUT2D eigenvalue weighted by Gasteiger charge is -2.19. The van der Waals surface area contributed by atoms with Crippen molar-refractivity contribution in [3.8, 4) is 5.75 Å². The summed E-state index contributed by atoms with van der Waals surface area (Å²) in [7, 11) is 0. The molecule has 1 saturated heterocycles. The second kappa shape index (κ2) is 7.05. The van der Waals surface area contributed by atoms with Crippen LogP contribution in [0.15, 0.2) is 35.2 Å². The monoisotopic (exact) mass is 372 g/mol. The van der Waals surface area contributed by atoms with E-state index in [9.17, 15) is 4.79 Å². The number of amides is 1. The fourth-order valence-electron chi connectivity index (χ4n) is 3.26. The quantitative estimate of drug-likeness (QED) is 0.740. The number of anilines is 1. The SMILES string of the molecule is CC(=O)Nc1ncc(CN2C[C@H](Oc3ccnc4ccoc34)C[C@@H]2C)s1. The number of likely N-dealkylation sites (tertiary alicyclic amines) is 1. The molecule has 1 aliphatic rings. The van der Waals surface area contributed by atoms with Crippen LogP contribution in [0.25, 0.3) is 11.1 Å². The summed E-state index contributed by atoms with van der Waals surface area (Å²) in [4.78, 5) is 23.1. The number of nitrogens with one attached hydrogen (secondary N) is 1. The average molecular weight is 372 g/mol. The number of hydrogen-bond acceptors (Lipinski definition) is 7. The average Bonchev–Trinajstić information content (AvgIpc) is 3.29. The van der Waals surface area contributed by atoms with Crippen LogP contribution in [-0.2, 0) is 11.3 Å². The number of hydrogen-bond donors (Lipinski definition) is 1. The summed E-state index contributed by atoms with van der Waals surface area (Å²) in [5, 5.41) is 3.37. The molecular formula is C18H20N4O3S. The maximum atomic E-state index is 11.1. The molecule has 0 aliphatic carbocycles. The fraction of sp³-hybridized carbons (Fsp3) is 0.389. The van der Waals surface area contributed by atoms with Crippen LogP contribution in [0.5, 0.6) is 5.75 Å². The third-order valence-electron chi connectivity index (χ3n) is 4.46. The van der Waals surface area contributed by atoms with Crippen molar-refractivity contribution in [2.45, 2.75) is 39.0 Å². The van der Waals surface area contributed by atoms with Gasteiger partial charge in [0, 0.05) is 61.9 Å². The predicted molar refractivity (Wildman–Crippen MR) is 99.3 cm³/mol. The molecular weight excluding hydrogens is 352 g/mol. The van der Waals surface area contributed by atoms with Gasteiger partial charge in [0.1, 0.15) is 11.6 Å². The minimum absolute atomic E-state index is 0.100.